The van der Waals surface area contributed by atoms with E-state index in [-0.39, 0.29) is 17.8 Å². The maximum atomic E-state index is 10.4. The Labute approximate surface area is 170 Å². The Morgan fingerprint density at radius 3 is 2.69 bits per heavy atom. The molecule has 4 N–H and O–H groups in total. The number of hydrogen-bond donors (Lipinski definition) is 3. The molecule has 3 aromatic rings. The Morgan fingerprint density at radius 2 is 1.97 bits per heavy atom. The van der Waals surface area contributed by atoms with E-state index in [2.05, 4.69) is 21.9 Å². The van der Waals surface area contributed by atoms with Crippen molar-refractivity contribution >= 4 is 24.7 Å². The standard InChI is InChI=1S/C19H28N5O4P/c1-4-5-9-28-18-22-16(20)15-17(23-18)24(19(25)21-15)11-13-7-6-8-14(10-13)12-29(3,26)27-2/h6-8,10,26,29H,4-5,9,11-12H2,1-3H3,(H,21,25)(H2,20,22,23). The fourth-order valence-electron chi connectivity index (χ4n) is 2.98. The SMILES string of the molecule is CCCCOc1nc(N)c2nc(O)n(Cc3cccc(C[PH](C)(O)OC)c3)c2n1. The maximum absolute atomic E-state index is 10.4. The van der Waals surface area contributed by atoms with Gasteiger partial charge < -0.3 is 0 Å². The van der Waals surface area contributed by atoms with Crippen molar-refractivity contribution in [2.45, 2.75) is 32.5 Å². The number of anilines is 1. The van der Waals surface area contributed by atoms with E-state index in [1.54, 1.807) is 11.2 Å². The summed E-state index contributed by atoms with van der Waals surface area (Å²) in [6, 6.07) is 7.71. The van der Waals surface area contributed by atoms with E-state index in [1.165, 1.54) is 7.11 Å². The van der Waals surface area contributed by atoms with Crippen LogP contribution in [0.2, 0.25) is 0 Å². The molecule has 0 unspecified atom stereocenters. The average molecular weight is 421 g/mol. The normalized spacial score (nSPS) is 12.4. The second-order valence-corrected chi connectivity index (χ2v) is 10.3. The molecule has 0 spiro atoms. The summed E-state index contributed by atoms with van der Waals surface area (Å²) < 4.78 is 12.4. The molecular weight excluding hydrogens is 393 g/mol. The van der Waals surface area contributed by atoms with Crippen molar-refractivity contribution in [1.82, 2.24) is 19.5 Å². The summed E-state index contributed by atoms with van der Waals surface area (Å²) in [5, 5.41) is 10.4. The molecule has 0 aliphatic heterocycles. The van der Waals surface area contributed by atoms with Crippen LogP contribution in [0.5, 0.6) is 12.0 Å². The first kappa shape index (κ1) is 21.2. The first-order valence-corrected chi connectivity index (χ1v) is 12.1. The molecule has 0 saturated carbocycles. The number of imidazole rings is 1. The molecule has 0 atom stereocenters. The summed E-state index contributed by atoms with van der Waals surface area (Å²) in [5.41, 5.74) is 8.61. The molecule has 9 nitrogen and oxygen atoms in total. The molecular formula is C19H28N5O4P. The molecule has 0 aliphatic rings. The summed E-state index contributed by atoms with van der Waals surface area (Å²) in [5.74, 6) is 0.159. The Bertz CT molecular complexity index is 992. The number of aromatic nitrogens is 4. The predicted molar refractivity (Wildman–Crippen MR) is 115 cm³/mol. The number of nitrogens with zero attached hydrogens (tertiary/aromatic N) is 4. The minimum atomic E-state index is -2.73. The van der Waals surface area contributed by atoms with Gasteiger partial charge in [-0.3, -0.25) is 0 Å². The molecule has 0 bridgehead atoms. The van der Waals surface area contributed by atoms with Crippen molar-refractivity contribution in [2.75, 3.05) is 26.1 Å². The van der Waals surface area contributed by atoms with E-state index >= 15 is 0 Å². The molecule has 1 aromatic carbocycles. The van der Waals surface area contributed by atoms with E-state index in [9.17, 15) is 10.00 Å². The predicted octanol–water partition coefficient (Wildman–Crippen LogP) is 2.69. The van der Waals surface area contributed by atoms with E-state index in [4.69, 9.17) is 15.0 Å². The molecule has 2 aromatic heterocycles. The summed E-state index contributed by atoms with van der Waals surface area (Å²) in [4.78, 5) is 22.9. The van der Waals surface area contributed by atoms with E-state index in [0.29, 0.717) is 30.5 Å². The third-order valence-corrected chi connectivity index (χ3v) is 6.56. The monoisotopic (exact) mass is 421 g/mol. The number of hydrogen-bond acceptors (Lipinski definition) is 8. The van der Waals surface area contributed by atoms with Crippen molar-refractivity contribution < 1.29 is 19.3 Å². The van der Waals surface area contributed by atoms with Gasteiger partial charge in [-0.1, -0.05) is 13.3 Å². The number of nitrogen functional groups attached to an aromatic ring is 1. The minimum absolute atomic E-state index is 0.159. The van der Waals surface area contributed by atoms with Crippen molar-refractivity contribution in [1.29, 1.82) is 0 Å². The second kappa shape index (κ2) is 8.90. The summed E-state index contributed by atoms with van der Waals surface area (Å²) >= 11 is 0. The average Bonchev–Trinajstić information content (AvgIpc) is 2.98. The van der Waals surface area contributed by atoms with Crippen molar-refractivity contribution in [3.05, 3.63) is 35.4 Å². The molecule has 0 fully saturated rings. The molecule has 0 radical (unpaired) electrons. The molecule has 0 amide bonds. The number of aromatic hydroxyl groups is 1. The van der Waals surface area contributed by atoms with Crippen LogP contribution in [-0.4, -0.2) is 49.9 Å². The number of ether oxygens (including phenoxy) is 1. The van der Waals surface area contributed by atoms with Gasteiger partial charge in [-0.15, -0.1) is 0 Å². The van der Waals surface area contributed by atoms with Gasteiger partial charge in [-0.25, -0.2) is 0 Å². The third kappa shape index (κ3) is 5.12. The van der Waals surface area contributed by atoms with E-state index in [0.717, 1.165) is 24.0 Å². The topological polar surface area (TPSA) is 129 Å². The van der Waals surface area contributed by atoms with Crippen LogP contribution in [0.3, 0.4) is 0 Å². The molecule has 10 heteroatoms. The summed E-state index contributed by atoms with van der Waals surface area (Å²) in [7, 11) is -1.20. The number of unbranched alkanes of at least 4 members (excludes halogenated alkanes) is 1. The van der Waals surface area contributed by atoms with Crippen molar-refractivity contribution in [2.24, 2.45) is 0 Å². The molecule has 0 saturated heterocycles. The van der Waals surface area contributed by atoms with Gasteiger partial charge in [0.15, 0.2) is 0 Å². The van der Waals surface area contributed by atoms with Gasteiger partial charge in [0.05, 0.1) is 0 Å². The zero-order chi connectivity index (χ0) is 21.0. The van der Waals surface area contributed by atoms with E-state index in [1.807, 2.05) is 24.3 Å². The van der Waals surface area contributed by atoms with Crippen molar-refractivity contribution in [3.8, 4) is 12.0 Å². The quantitative estimate of drug-likeness (QED) is 0.355. The van der Waals surface area contributed by atoms with Crippen LogP contribution in [-0.2, 0) is 17.2 Å². The fraction of sp³-hybridized carbons (Fsp3) is 0.421. The number of rotatable bonds is 9. The molecule has 2 heterocycles. The Kier molecular flexibility index (Phi) is 6.52. The van der Waals surface area contributed by atoms with Gasteiger partial charge in [0, 0.05) is 0 Å². The van der Waals surface area contributed by atoms with Crippen LogP contribution in [0.15, 0.2) is 24.3 Å². The van der Waals surface area contributed by atoms with Crippen LogP contribution in [0.1, 0.15) is 30.9 Å². The molecule has 0 aliphatic carbocycles. The Hall–Kier alpha value is -2.48. The summed E-state index contributed by atoms with van der Waals surface area (Å²) in [6.07, 6.45) is 2.34. The zero-order valence-electron chi connectivity index (χ0n) is 16.9. The fourth-order valence-corrected chi connectivity index (χ4v) is 4.10. The molecule has 29 heavy (non-hydrogen) atoms. The van der Waals surface area contributed by atoms with Gasteiger partial charge in [0.25, 0.3) is 0 Å². The van der Waals surface area contributed by atoms with Gasteiger partial charge in [-0.2, -0.15) is 0 Å². The number of fused-ring (bicyclic) bond motifs is 1. The van der Waals surface area contributed by atoms with Gasteiger partial charge in [0.1, 0.15) is 0 Å². The van der Waals surface area contributed by atoms with Crippen LogP contribution in [0, 0.1) is 0 Å². The van der Waals surface area contributed by atoms with E-state index < -0.39 is 7.72 Å². The van der Waals surface area contributed by atoms with Crippen LogP contribution in [0.4, 0.5) is 5.82 Å². The van der Waals surface area contributed by atoms with Gasteiger partial charge >= 0.3 is 156 Å². The Balaban J connectivity index is 1.90. The zero-order valence-corrected chi connectivity index (χ0v) is 17.9. The Morgan fingerprint density at radius 1 is 1.21 bits per heavy atom. The first-order valence-electron chi connectivity index (χ1n) is 9.54. The first-order chi connectivity index (χ1) is 13.8. The second-order valence-electron chi connectivity index (χ2n) is 7.14. The van der Waals surface area contributed by atoms with Gasteiger partial charge in [0.2, 0.25) is 0 Å². The van der Waals surface area contributed by atoms with Crippen LogP contribution < -0.4 is 10.5 Å². The molecule has 158 valence electrons. The van der Waals surface area contributed by atoms with Crippen LogP contribution in [0.25, 0.3) is 11.2 Å². The van der Waals surface area contributed by atoms with Crippen molar-refractivity contribution in [3.63, 3.8) is 0 Å². The number of benzene rings is 1. The third-order valence-electron chi connectivity index (χ3n) is 4.61. The summed E-state index contributed by atoms with van der Waals surface area (Å²) in [6.45, 7) is 4.64. The number of nitrogens with two attached hydrogens (primary N) is 1. The molecule has 3 rings (SSSR count). The van der Waals surface area contributed by atoms with Crippen LogP contribution >= 0.6 is 7.72 Å². The van der Waals surface area contributed by atoms with Gasteiger partial charge in [-0.05, 0) is 0 Å².